The topological polar surface area (TPSA) is 91.2 Å². The minimum Gasteiger partial charge on any atom is -0.431 e. The van der Waals surface area contributed by atoms with Crippen molar-refractivity contribution >= 4 is 28.8 Å². The summed E-state index contributed by atoms with van der Waals surface area (Å²) in [6.45, 7) is 1.34. The van der Waals surface area contributed by atoms with Crippen LogP contribution in [0.4, 0.5) is 0 Å². The Labute approximate surface area is 152 Å². The van der Waals surface area contributed by atoms with E-state index in [-0.39, 0.29) is 5.89 Å². The third-order valence-electron chi connectivity index (χ3n) is 3.44. The summed E-state index contributed by atoms with van der Waals surface area (Å²) in [7, 11) is 0. The van der Waals surface area contributed by atoms with Crippen LogP contribution in [0.2, 0.25) is 0 Å². The summed E-state index contributed by atoms with van der Waals surface area (Å²) in [6.07, 6.45) is 0. The predicted molar refractivity (Wildman–Crippen MR) is 94.6 cm³/mol. The van der Waals surface area contributed by atoms with Crippen LogP contribution in [0.5, 0.6) is 5.75 Å². The molecule has 0 aliphatic rings. The van der Waals surface area contributed by atoms with Gasteiger partial charge in [0.25, 0.3) is 11.1 Å². The third-order valence-corrected chi connectivity index (χ3v) is 4.26. The van der Waals surface area contributed by atoms with E-state index in [9.17, 15) is 4.79 Å². The van der Waals surface area contributed by atoms with Crippen molar-refractivity contribution in [1.82, 2.24) is 15.1 Å². The van der Waals surface area contributed by atoms with Crippen molar-refractivity contribution < 1.29 is 18.5 Å². The van der Waals surface area contributed by atoms with Crippen molar-refractivity contribution in [1.29, 1.82) is 0 Å². The van der Waals surface area contributed by atoms with Crippen molar-refractivity contribution in [2.45, 2.75) is 17.9 Å². The average molecular weight is 367 g/mol. The normalized spacial score (nSPS) is 11.0. The number of nitrogens with zero attached hydrogens (tertiary/aromatic N) is 3. The maximum atomic E-state index is 11.2. The Bertz CT molecular complexity index is 1040. The maximum Gasteiger partial charge on any atom is 0.308 e. The average Bonchev–Trinajstić information content (AvgIpc) is 3.26. The summed E-state index contributed by atoms with van der Waals surface area (Å²) in [5.74, 6) is 1.18. The number of hydrogen-bond donors (Lipinski definition) is 0. The molecule has 0 atom stereocenters. The van der Waals surface area contributed by atoms with E-state index in [0.717, 1.165) is 11.1 Å². The van der Waals surface area contributed by atoms with E-state index in [2.05, 4.69) is 15.1 Å². The molecule has 0 aliphatic heterocycles. The number of aromatic nitrogens is 3. The largest absolute Gasteiger partial charge is 0.431 e. The number of rotatable bonds is 5. The molecule has 0 aliphatic carbocycles. The van der Waals surface area contributed by atoms with Crippen LogP contribution < -0.4 is 4.74 Å². The standard InChI is InChI=1S/C18H13N3O4S/c1-11(22)23-14-8-4-2-6-12(14)17-20-16(21-25-17)10-26-18-19-13-7-3-5-9-15(13)24-18/h2-9H,10H2,1H3. The van der Waals surface area contributed by atoms with Gasteiger partial charge in [0, 0.05) is 6.92 Å². The zero-order valence-corrected chi connectivity index (χ0v) is 14.5. The zero-order chi connectivity index (χ0) is 17.9. The summed E-state index contributed by atoms with van der Waals surface area (Å²) in [6, 6.07) is 14.6. The number of benzene rings is 2. The van der Waals surface area contributed by atoms with E-state index in [4.69, 9.17) is 13.7 Å². The Morgan fingerprint density at radius 2 is 1.92 bits per heavy atom. The van der Waals surface area contributed by atoms with Crippen molar-refractivity contribution in [3.05, 3.63) is 54.4 Å². The van der Waals surface area contributed by atoms with Crippen LogP contribution in [0.25, 0.3) is 22.6 Å². The van der Waals surface area contributed by atoms with Gasteiger partial charge in [-0.2, -0.15) is 4.98 Å². The fraction of sp³-hybridized carbons (Fsp3) is 0.111. The van der Waals surface area contributed by atoms with Crippen LogP contribution in [0, 0.1) is 0 Å². The van der Waals surface area contributed by atoms with E-state index >= 15 is 0 Å². The van der Waals surface area contributed by atoms with Gasteiger partial charge >= 0.3 is 5.97 Å². The molecule has 4 rings (SSSR count). The van der Waals surface area contributed by atoms with Crippen LogP contribution in [0.15, 0.2) is 62.7 Å². The van der Waals surface area contributed by atoms with Gasteiger partial charge in [-0.15, -0.1) is 0 Å². The monoisotopic (exact) mass is 367 g/mol. The molecule has 0 N–H and O–H groups in total. The lowest BCUT2D eigenvalue weighted by atomic mass is 10.2. The highest BCUT2D eigenvalue weighted by atomic mass is 32.2. The third kappa shape index (κ3) is 3.45. The van der Waals surface area contributed by atoms with Gasteiger partial charge < -0.3 is 13.7 Å². The van der Waals surface area contributed by atoms with Crippen LogP contribution in [-0.4, -0.2) is 21.1 Å². The molecule has 0 bridgehead atoms. The lowest BCUT2D eigenvalue weighted by Gasteiger charge is -2.04. The zero-order valence-electron chi connectivity index (χ0n) is 13.7. The number of carbonyl (C=O) groups excluding carboxylic acids is 1. The van der Waals surface area contributed by atoms with Crippen molar-refractivity contribution in [2.24, 2.45) is 0 Å². The molecule has 7 nitrogen and oxygen atoms in total. The Hall–Kier alpha value is -3.13. The second kappa shape index (κ2) is 7.01. The Morgan fingerprint density at radius 3 is 2.77 bits per heavy atom. The number of oxazole rings is 1. The molecule has 0 radical (unpaired) electrons. The van der Waals surface area contributed by atoms with E-state index in [0.29, 0.717) is 28.1 Å². The molecule has 0 amide bonds. The SMILES string of the molecule is CC(=O)Oc1ccccc1-c1nc(CSc2nc3ccccc3o2)no1. The minimum atomic E-state index is -0.413. The van der Waals surface area contributed by atoms with Crippen molar-refractivity contribution in [2.75, 3.05) is 0 Å². The Morgan fingerprint density at radius 1 is 1.12 bits per heavy atom. The van der Waals surface area contributed by atoms with Crippen molar-refractivity contribution in [3.8, 4) is 17.2 Å². The molecule has 8 heteroatoms. The van der Waals surface area contributed by atoms with Gasteiger partial charge in [0.2, 0.25) is 0 Å². The molecule has 0 saturated heterocycles. The van der Waals surface area contributed by atoms with Crippen LogP contribution in [-0.2, 0) is 10.5 Å². The van der Waals surface area contributed by atoms with Gasteiger partial charge in [-0.3, -0.25) is 4.79 Å². The Balaban J connectivity index is 1.50. The molecule has 0 fully saturated rings. The van der Waals surface area contributed by atoms with Gasteiger partial charge in [-0.1, -0.05) is 41.2 Å². The summed E-state index contributed by atoms with van der Waals surface area (Å²) in [5, 5.41) is 4.50. The molecule has 2 aromatic carbocycles. The highest BCUT2D eigenvalue weighted by Crippen LogP contribution is 2.30. The lowest BCUT2D eigenvalue weighted by Crippen LogP contribution is -2.02. The fourth-order valence-corrected chi connectivity index (χ4v) is 3.03. The molecular formula is C18H13N3O4S. The molecule has 4 aromatic rings. The van der Waals surface area contributed by atoms with Crippen LogP contribution in [0.1, 0.15) is 12.7 Å². The van der Waals surface area contributed by atoms with Gasteiger partial charge in [0.15, 0.2) is 11.4 Å². The number of thioether (sulfide) groups is 1. The van der Waals surface area contributed by atoms with Gasteiger partial charge in [-0.25, -0.2) is 4.98 Å². The summed E-state index contributed by atoms with van der Waals surface area (Å²) < 4.78 is 16.1. The van der Waals surface area contributed by atoms with E-state index in [1.54, 1.807) is 24.3 Å². The lowest BCUT2D eigenvalue weighted by molar-refractivity contribution is -0.131. The Kier molecular flexibility index (Phi) is 4.40. The molecule has 0 saturated carbocycles. The first kappa shape index (κ1) is 16.3. The predicted octanol–water partition coefficient (Wildman–Crippen LogP) is 4.10. The molecule has 0 unspecified atom stereocenters. The van der Waals surface area contributed by atoms with Gasteiger partial charge in [-0.05, 0) is 24.3 Å². The molecule has 2 heterocycles. The number of para-hydroxylation sites is 3. The van der Waals surface area contributed by atoms with E-state index in [1.165, 1.54) is 18.7 Å². The molecule has 2 aromatic heterocycles. The molecular weight excluding hydrogens is 354 g/mol. The smallest absolute Gasteiger partial charge is 0.308 e. The van der Waals surface area contributed by atoms with Gasteiger partial charge in [0.1, 0.15) is 11.3 Å². The highest BCUT2D eigenvalue weighted by molar-refractivity contribution is 7.98. The first-order chi connectivity index (χ1) is 12.7. The molecule has 26 heavy (non-hydrogen) atoms. The number of carbonyl (C=O) groups is 1. The second-order valence-electron chi connectivity index (χ2n) is 5.34. The quantitative estimate of drug-likeness (QED) is 0.296. The number of ether oxygens (including phenoxy) is 1. The minimum absolute atomic E-state index is 0.287. The number of hydrogen-bond acceptors (Lipinski definition) is 8. The van der Waals surface area contributed by atoms with Crippen molar-refractivity contribution in [3.63, 3.8) is 0 Å². The maximum absolute atomic E-state index is 11.2. The fourth-order valence-electron chi connectivity index (χ4n) is 2.35. The van der Waals surface area contributed by atoms with E-state index < -0.39 is 5.97 Å². The first-order valence-electron chi connectivity index (χ1n) is 7.78. The highest BCUT2D eigenvalue weighted by Gasteiger charge is 2.16. The summed E-state index contributed by atoms with van der Waals surface area (Å²) >= 11 is 1.37. The van der Waals surface area contributed by atoms with E-state index in [1.807, 2.05) is 24.3 Å². The van der Waals surface area contributed by atoms with Crippen LogP contribution in [0.3, 0.4) is 0 Å². The second-order valence-corrected chi connectivity index (χ2v) is 6.27. The van der Waals surface area contributed by atoms with Gasteiger partial charge in [0.05, 0.1) is 11.3 Å². The van der Waals surface area contributed by atoms with Crippen LogP contribution >= 0.6 is 11.8 Å². The first-order valence-corrected chi connectivity index (χ1v) is 8.76. The summed E-state index contributed by atoms with van der Waals surface area (Å²) in [4.78, 5) is 20.0. The number of fused-ring (bicyclic) bond motifs is 1. The summed E-state index contributed by atoms with van der Waals surface area (Å²) in [5.41, 5.74) is 2.10. The number of esters is 1. The molecule has 130 valence electrons. The molecule has 0 spiro atoms.